The molecule has 0 aromatic heterocycles. The van der Waals surface area contributed by atoms with Crippen molar-refractivity contribution in [1.29, 1.82) is 0 Å². The lowest BCUT2D eigenvalue weighted by Crippen LogP contribution is -1.96. The number of rotatable bonds is 4. The van der Waals surface area contributed by atoms with Gasteiger partial charge in [0.25, 0.3) is 0 Å². The number of hydrogen-bond acceptors (Lipinski definition) is 1. The van der Waals surface area contributed by atoms with Crippen molar-refractivity contribution in [3.8, 4) is 0 Å². The second-order valence-corrected chi connectivity index (χ2v) is 2.02. The summed E-state index contributed by atoms with van der Waals surface area (Å²) in [6.07, 6.45) is 2.16. The summed E-state index contributed by atoms with van der Waals surface area (Å²) in [6, 6.07) is 0. The highest BCUT2D eigenvalue weighted by Crippen LogP contribution is 1.84. The molecule has 0 N–H and O–H groups in total. The zero-order valence-electron chi connectivity index (χ0n) is 4.64. The van der Waals surface area contributed by atoms with Crippen molar-refractivity contribution in [2.24, 2.45) is 0 Å². The van der Waals surface area contributed by atoms with E-state index in [4.69, 9.17) is 0 Å². The normalized spacial score (nSPS) is 11.1. The van der Waals surface area contributed by atoms with Crippen LogP contribution in [0.25, 0.3) is 0 Å². The number of hydrogen-bond donors (Lipinski definition) is 0. The topological polar surface area (TPSA) is 29.1 Å². The molecule has 0 spiro atoms. The van der Waals surface area contributed by atoms with Gasteiger partial charge in [-0.15, -0.1) is 0 Å². The summed E-state index contributed by atoms with van der Waals surface area (Å²) < 4.78 is 4.66. The van der Waals surface area contributed by atoms with Crippen LogP contribution < -0.4 is 0 Å². The molecule has 0 fully saturated rings. The van der Waals surface area contributed by atoms with Crippen LogP contribution in [-0.2, 0) is 9.22 Å². The van der Waals surface area contributed by atoms with Gasteiger partial charge in [0.15, 0.2) is 0 Å². The minimum Gasteiger partial charge on any atom is -0.397 e. The van der Waals surface area contributed by atoms with Gasteiger partial charge in [0.2, 0.25) is 0 Å². The molecule has 0 bridgehead atoms. The molecule has 2 nitrogen and oxygen atoms in total. The maximum absolute atomic E-state index is 9.72. The van der Waals surface area contributed by atoms with Crippen LogP contribution in [0.5, 0.6) is 0 Å². The van der Waals surface area contributed by atoms with Crippen LogP contribution in [0, 0.1) is 0 Å². The van der Waals surface area contributed by atoms with Crippen LogP contribution in [0.4, 0.5) is 0 Å². The molecule has 0 aliphatic rings. The Balaban J connectivity index is 2.45. The highest BCUT2D eigenvalue weighted by molar-refractivity contribution is 6.15. The highest BCUT2D eigenvalue weighted by Gasteiger charge is 1.81. The van der Waals surface area contributed by atoms with E-state index in [9.17, 15) is 4.80 Å². The molecular formula is C4H11O2Si. The predicted octanol–water partition coefficient (Wildman–Crippen LogP) is 0.232. The van der Waals surface area contributed by atoms with Gasteiger partial charge in [-0.1, -0.05) is 13.3 Å². The van der Waals surface area contributed by atoms with Gasteiger partial charge in [-0.05, 0) is 6.42 Å². The molecule has 0 heterocycles. The second-order valence-electron chi connectivity index (χ2n) is 1.38. The van der Waals surface area contributed by atoms with Gasteiger partial charge in [0.1, 0.15) is 0 Å². The molecule has 0 aliphatic carbocycles. The van der Waals surface area contributed by atoms with Gasteiger partial charge in [-0.25, -0.2) is 0 Å². The molecule has 0 aliphatic heterocycles. The van der Waals surface area contributed by atoms with Gasteiger partial charge in [0.05, 0.1) is 0 Å². The third-order valence-corrected chi connectivity index (χ3v) is 1.18. The van der Waals surface area contributed by atoms with Crippen LogP contribution in [0.2, 0.25) is 0 Å². The maximum Gasteiger partial charge on any atom is 0.343 e. The molecule has 43 valence electrons. The van der Waals surface area contributed by atoms with Gasteiger partial charge in [0, 0.05) is 6.61 Å². The summed E-state index contributed by atoms with van der Waals surface area (Å²) in [6.45, 7) is 2.77. The summed E-state index contributed by atoms with van der Waals surface area (Å²) >= 11 is 0. The highest BCUT2D eigenvalue weighted by atomic mass is 28.2. The van der Waals surface area contributed by atoms with E-state index >= 15 is 0 Å². The third kappa shape index (κ3) is 6.14. The molecule has 0 aromatic rings. The smallest absolute Gasteiger partial charge is 0.343 e. The average Bonchev–Trinajstić information content (AvgIpc) is 1.69. The molecular weight excluding hydrogens is 108 g/mol. The van der Waals surface area contributed by atoms with Crippen molar-refractivity contribution in [1.82, 2.24) is 0 Å². The van der Waals surface area contributed by atoms with Crippen LogP contribution in [-0.4, -0.2) is 16.6 Å². The fraction of sp³-hybridized carbons (Fsp3) is 1.00. The van der Waals surface area contributed by atoms with Crippen molar-refractivity contribution in [3.05, 3.63) is 0 Å². The third-order valence-electron chi connectivity index (χ3n) is 0.726. The lowest BCUT2D eigenvalue weighted by atomic mass is 10.4. The largest absolute Gasteiger partial charge is 0.397 e. The Bertz CT molecular complexity index is 28.9. The van der Waals surface area contributed by atoms with Crippen LogP contribution >= 0.6 is 0 Å². The molecule has 0 rings (SSSR count). The molecule has 0 amide bonds. The van der Waals surface area contributed by atoms with E-state index in [1.807, 2.05) is 0 Å². The summed E-state index contributed by atoms with van der Waals surface area (Å²) in [5, 5.41) is 0. The zero-order valence-corrected chi connectivity index (χ0v) is 6.06. The Hall–Kier alpha value is 0.137. The Kier molecular flexibility index (Phi) is 6.26. The van der Waals surface area contributed by atoms with Crippen LogP contribution in [0.15, 0.2) is 0 Å². The van der Waals surface area contributed by atoms with Crippen molar-refractivity contribution in [2.45, 2.75) is 19.8 Å². The Labute approximate surface area is 46.6 Å². The van der Waals surface area contributed by atoms with Crippen molar-refractivity contribution in [3.63, 3.8) is 0 Å². The molecule has 3 heteroatoms. The Morgan fingerprint density at radius 1 is 1.71 bits per heavy atom. The van der Waals surface area contributed by atoms with Crippen molar-refractivity contribution >= 4 is 10.0 Å². The molecule has 0 atom stereocenters. The molecule has 0 unspecified atom stereocenters. The lowest BCUT2D eigenvalue weighted by Gasteiger charge is -1.92. The Morgan fingerprint density at radius 3 is 2.86 bits per heavy atom. The Morgan fingerprint density at radius 2 is 2.43 bits per heavy atom. The van der Waals surface area contributed by atoms with Gasteiger partial charge in [-0.3, -0.25) is 4.80 Å². The van der Waals surface area contributed by atoms with E-state index in [0.29, 0.717) is 6.61 Å². The summed E-state index contributed by atoms with van der Waals surface area (Å²) in [5.74, 6) is 0. The monoisotopic (exact) mass is 119 g/mol. The van der Waals surface area contributed by atoms with Gasteiger partial charge < -0.3 is 4.43 Å². The fourth-order valence-corrected chi connectivity index (χ4v) is 0.627. The van der Waals surface area contributed by atoms with E-state index in [1.54, 1.807) is 0 Å². The van der Waals surface area contributed by atoms with Crippen molar-refractivity contribution < 1.29 is 9.22 Å². The second kappa shape index (κ2) is 6.14. The van der Waals surface area contributed by atoms with Gasteiger partial charge in [-0.2, -0.15) is 0 Å². The van der Waals surface area contributed by atoms with Gasteiger partial charge >= 0.3 is 10.0 Å². The fourth-order valence-electron chi connectivity index (χ4n) is 0.305. The van der Waals surface area contributed by atoms with E-state index < -0.39 is 10.0 Å². The summed E-state index contributed by atoms with van der Waals surface area (Å²) in [4.78, 5) is 9.72. The van der Waals surface area contributed by atoms with Crippen molar-refractivity contribution in [2.75, 3.05) is 6.61 Å². The first-order chi connectivity index (χ1) is 3.41. The average molecular weight is 119 g/mol. The minimum absolute atomic E-state index is 0.687. The standard InChI is InChI=1S/C4H11O2Si/c1-2-3-4-6-7-5/h2-4,7H2,1H3. The van der Waals surface area contributed by atoms with E-state index in [-0.39, 0.29) is 0 Å². The zero-order chi connectivity index (χ0) is 5.54. The van der Waals surface area contributed by atoms with E-state index in [1.165, 1.54) is 0 Å². The molecule has 0 saturated heterocycles. The van der Waals surface area contributed by atoms with E-state index in [2.05, 4.69) is 11.3 Å². The summed E-state index contributed by atoms with van der Waals surface area (Å²) in [5.41, 5.74) is 0. The lowest BCUT2D eigenvalue weighted by molar-refractivity contribution is 0.252. The van der Waals surface area contributed by atoms with Crippen LogP contribution in [0.3, 0.4) is 0 Å². The first-order valence-corrected chi connectivity index (χ1v) is 3.73. The maximum atomic E-state index is 9.72. The molecule has 1 radical (unpaired) electrons. The quantitative estimate of drug-likeness (QED) is 0.385. The SMILES string of the molecule is CCCCO[SiH2][O]. The first kappa shape index (κ1) is 7.14. The number of unbranched alkanes of at least 4 members (excludes halogenated alkanes) is 1. The summed E-state index contributed by atoms with van der Waals surface area (Å²) in [7, 11) is -1.36. The minimum atomic E-state index is -1.36. The van der Waals surface area contributed by atoms with Crippen LogP contribution in [0.1, 0.15) is 19.8 Å². The first-order valence-electron chi connectivity index (χ1n) is 2.57. The molecule has 0 saturated carbocycles. The molecule has 0 aromatic carbocycles. The van der Waals surface area contributed by atoms with E-state index in [0.717, 1.165) is 12.8 Å². The molecule has 7 heavy (non-hydrogen) atoms. The predicted molar refractivity (Wildman–Crippen MR) is 30.1 cm³/mol.